The largest absolute Gasteiger partial charge is 0.377 e. The molecule has 1 heterocycles. The summed E-state index contributed by atoms with van der Waals surface area (Å²) in [5.74, 6) is 7.18. The van der Waals surface area contributed by atoms with E-state index in [4.69, 9.17) is 10.6 Å². The minimum atomic E-state index is 0.188. The maximum atomic E-state index is 5.67. The lowest BCUT2D eigenvalue weighted by molar-refractivity contribution is 0.0571. The van der Waals surface area contributed by atoms with Crippen molar-refractivity contribution >= 4 is 11.8 Å². The van der Waals surface area contributed by atoms with Gasteiger partial charge in [-0.2, -0.15) is 0 Å². The van der Waals surface area contributed by atoms with E-state index in [1.807, 2.05) is 25.6 Å². The van der Waals surface area contributed by atoms with Gasteiger partial charge in [-0.05, 0) is 25.5 Å². The van der Waals surface area contributed by atoms with Gasteiger partial charge in [-0.1, -0.05) is 18.2 Å². The summed E-state index contributed by atoms with van der Waals surface area (Å²) in [5, 5.41) is 0. The second-order valence-corrected chi connectivity index (χ2v) is 5.67. The molecule has 1 aromatic rings. The highest BCUT2D eigenvalue weighted by Gasteiger charge is 2.29. The Kier molecular flexibility index (Phi) is 4.45. The lowest BCUT2D eigenvalue weighted by atomic mass is 9.94. The average Bonchev–Trinajstić information content (AvgIpc) is 2.74. The molecule has 0 saturated heterocycles. The van der Waals surface area contributed by atoms with E-state index in [0.717, 1.165) is 5.75 Å². The van der Waals surface area contributed by atoms with Crippen molar-refractivity contribution in [1.29, 1.82) is 0 Å². The highest BCUT2D eigenvalue weighted by atomic mass is 32.2. The number of fused-ring (bicyclic) bond motifs is 1. The highest BCUT2D eigenvalue weighted by molar-refractivity contribution is 7.99. The van der Waals surface area contributed by atoms with Gasteiger partial charge >= 0.3 is 0 Å². The fraction of sp³-hybridized carbons (Fsp3) is 0.538. The van der Waals surface area contributed by atoms with Crippen molar-refractivity contribution < 1.29 is 4.74 Å². The number of rotatable bonds is 5. The summed E-state index contributed by atoms with van der Waals surface area (Å²) in [6, 6.07) is 8.74. The number of nitrogens with one attached hydrogen (secondary N) is 1. The Morgan fingerprint density at radius 3 is 2.94 bits per heavy atom. The lowest BCUT2D eigenvalue weighted by Crippen LogP contribution is -2.43. The Hall–Kier alpha value is -0.550. The Labute approximate surface area is 107 Å². The fourth-order valence-electron chi connectivity index (χ4n) is 2.10. The molecule has 0 bridgehead atoms. The zero-order chi connectivity index (χ0) is 12.3. The molecule has 3 nitrogen and oxygen atoms in total. The molecule has 2 rings (SSSR count). The van der Waals surface area contributed by atoms with E-state index in [1.54, 1.807) is 0 Å². The molecule has 1 aromatic carbocycles. The van der Waals surface area contributed by atoms with Crippen LogP contribution >= 0.6 is 11.8 Å². The Morgan fingerprint density at radius 1 is 1.47 bits per heavy atom. The van der Waals surface area contributed by atoms with Gasteiger partial charge in [-0.25, -0.2) is 0 Å². The Morgan fingerprint density at radius 2 is 2.24 bits per heavy atom. The van der Waals surface area contributed by atoms with Gasteiger partial charge in [-0.3, -0.25) is 11.3 Å². The molecule has 0 aliphatic carbocycles. The van der Waals surface area contributed by atoms with E-state index in [9.17, 15) is 0 Å². The third-order valence-electron chi connectivity index (χ3n) is 3.05. The predicted octanol–water partition coefficient (Wildman–Crippen LogP) is 2.13. The topological polar surface area (TPSA) is 47.3 Å². The first-order valence-corrected chi connectivity index (χ1v) is 7.00. The minimum Gasteiger partial charge on any atom is -0.377 e. The minimum absolute atomic E-state index is 0.188. The molecular formula is C13H20N2OS. The smallest absolute Gasteiger partial charge is 0.0642 e. The average molecular weight is 252 g/mol. The quantitative estimate of drug-likeness (QED) is 0.622. The third-order valence-corrected chi connectivity index (χ3v) is 4.25. The number of ether oxygens (including phenoxy) is 1. The second kappa shape index (κ2) is 5.87. The van der Waals surface area contributed by atoms with Crippen molar-refractivity contribution in [2.75, 3.05) is 12.4 Å². The first-order valence-electron chi connectivity index (χ1n) is 6.02. The van der Waals surface area contributed by atoms with Crippen LogP contribution in [0.2, 0.25) is 0 Å². The first-order chi connectivity index (χ1) is 8.22. The van der Waals surface area contributed by atoms with Gasteiger partial charge in [0, 0.05) is 16.6 Å². The number of benzene rings is 1. The van der Waals surface area contributed by atoms with Gasteiger partial charge in [-0.15, -0.1) is 11.8 Å². The molecule has 0 spiro atoms. The number of hydrogen-bond acceptors (Lipinski definition) is 4. The SMILES string of the molecule is CC(C)OCC(NN)C1CSc2ccccc21. The maximum absolute atomic E-state index is 5.67. The summed E-state index contributed by atoms with van der Waals surface area (Å²) in [7, 11) is 0. The Bertz CT molecular complexity index is 370. The highest BCUT2D eigenvalue weighted by Crippen LogP contribution is 2.40. The summed E-state index contributed by atoms with van der Waals surface area (Å²) < 4.78 is 5.67. The van der Waals surface area contributed by atoms with Crippen molar-refractivity contribution in [2.45, 2.75) is 36.8 Å². The molecule has 2 atom stereocenters. The van der Waals surface area contributed by atoms with Gasteiger partial charge in [0.15, 0.2) is 0 Å². The second-order valence-electron chi connectivity index (χ2n) is 4.61. The maximum Gasteiger partial charge on any atom is 0.0642 e. The monoisotopic (exact) mass is 252 g/mol. The van der Waals surface area contributed by atoms with Crippen molar-refractivity contribution in [3.8, 4) is 0 Å². The lowest BCUT2D eigenvalue weighted by Gasteiger charge is -2.24. The molecule has 17 heavy (non-hydrogen) atoms. The van der Waals surface area contributed by atoms with Crippen molar-refractivity contribution in [3.63, 3.8) is 0 Å². The van der Waals surface area contributed by atoms with E-state index in [-0.39, 0.29) is 12.1 Å². The van der Waals surface area contributed by atoms with Gasteiger partial charge in [0.05, 0.1) is 18.8 Å². The van der Waals surface area contributed by atoms with Crippen LogP contribution in [-0.2, 0) is 4.74 Å². The molecule has 94 valence electrons. The van der Waals surface area contributed by atoms with Gasteiger partial charge in [0.2, 0.25) is 0 Å². The van der Waals surface area contributed by atoms with Crippen LogP contribution in [0, 0.1) is 0 Å². The van der Waals surface area contributed by atoms with Crippen LogP contribution in [0.25, 0.3) is 0 Å². The van der Waals surface area contributed by atoms with Gasteiger partial charge < -0.3 is 4.74 Å². The van der Waals surface area contributed by atoms with E-state index >= 15 is 0 Å². The summed E-state index contributed by atoms with van der Waals surface area (Å²) in [6.07, 6.45) is 0.246. The van der Waals surface area contributed by atoms with E-state index in [1.165, 1.54) is 10.5 Å². The summed E-state index contributed by atoms with van der Waals surface area (Å²) in [4.78, 5) is 1.38. The molecule has 0 aromatic heterocycles. The standard InChI is InChI=1S/C13H20N2OS/c1-9(2)16-7-12(15-14)11-8-17-13-6-4-3-5-10(11)13/h3-6,9,11-12,15H,7-8,14H2,1-2H3. The molecule has 3 N–H and O–H groups in total. The predicted molar refractivity (Wildman–Crippen MR) is 72.1 cm³/mol. The van der Waals surface area contributed by atoms with E-state index in [0.29, 0.717) is 12.5 Å². The van der Waals surface area contributed by atoms with Crippen LogP contribution in [0.15, 0.2) is 29.2 Å². The Balaban J connectivity index is 2.06. The normalized spacial score (nSPS) is 20.6. The van der Waals surface area contributed by atoms with Crippen LogP contribution in [-0.4, -0.2) is 24.5 Å². The molecule has 1 aliphatic rings. The van der Waals surface area contributed by atoms with Crippen LogP contribution < -0.4 is 11.3 Å². The molecule has 2 unspecified atom stereocenters. The van der Waals surface area contributed by atoms with Crippen molar-refractivity contribution in [3.05, 3.63) is 29.8 Å². The number of thioether (sulfide) groups is 1. The van der Waals surface area contributed by atoms with E-state index < -0.39 is 0 Å². The number of hydrogen-bond donors (Lipinski definition) is 2. The molecule has 0 saturated carbocycles. The molecule has 0 amide bonds. The molecule has 4 heteroatoms. The number of hydrazine groups is 1. The molecular weight excluding hydrogens is 232 g/mol. The van der Waals surface area contributed by atoms with Crippen molar-refractivity contribution in [1.82, 2.24) is 5.43 Å². The van der Waals surface area contributed by atoms with Crippen LogP contribution in [0.4, 0.5) is 0 Å². The first kappa shape index (κ1) is 12.9. The summed E-state index contributed by atoms with van der Waals surface area (Å²) in [5.41, 5.74) is 4.30. The zero-order valence-electron chi connectivity index (χ0n) is 10.3. The van der Waals surface area contributed by atoms with Crippen LogP contribution in [0.3, 0.4) is 0 Å². The molecule has 0 fully saturated rings. The fourth-order valence-corrected chi connectivity index (χ4v) is 3.43. The van der Waals surface area contributed by atoms with Gasteiger partial charge in [0.25, 0.3) is 0 Å². The zero-order valence-corrected chi connectivity index (χ0v) is 11.2. The molecule has 1 aliphatic heterocycles. The van der Waals surface area contributed by atoms with E-state index in [2.05, 4.69) is 29.7 Å². The summed E-state index contributed by atoms with van der Waals surface area (Å²) >= 11 is 1.90. The van der Waals surface area contributed by atoms with Crippen LogP contribution in [0.1, 0.15) is 25.3 Å². The molecule has 0 radical (unpaired) electrons. The van der Waals surface area contributed by atoms with Gasteiger partial charge in [0.1, 0.15) is 0 Å². The van der Waals surface area contributed by atoms with Crippen LogP contribution in [0.5, 0.6) is 0 Å². The van der Waals surface area contributed by atoms with Crippen molar-refractivity contribution in [2.24, 2.45) is 5.84 Å². The third kappa shape index (κ3) is 3.01. The summed E-state index contributed by atoms with van der Waals surface area (Å²) in [6.45, 7) is 4.75. The number of nitrogens with two attached hydrogens (primary N) is 1.